The first-order valence-corrected chi connectivity index (χ1v) is 8.07. The molecule has 14 heavy (non-hydrogen) atoms. The average molecular weight is 226 g/mol. The summed E-state index contributed by atoms with van der Waals surface area (Å²) in [5.41, 5.74) is 0. The van der Waals surface area contributed by atoms with Crippen LogP contribution < -0.4 is 0 Å². The van der Waals surface area contributed by atoms with Crippen molar-refractivity contribution in [1.82, 2.24) is 0 Å². The molecule has 0 heterocycles. The van der Waals surface area contributed by atoms with E-state index >= 15 is 0 Å². The summed E-state index contributed by atoms with van der Waals surface area (Å²) in [5, 5.41) is 8.35. The molecule has 0 amide bonds. The Morgan fingerprint density at radius 2 is 1.93 bits per heavy atom. The van der Waals surface area contributed by atoms with Gasteiger partial charge in [0.25, 0.3) is 5.92 Å². The smallest absolute Gasteiger partial charge is 0.292 e. The summed E-state index contributed by atoms with van der Waals surface area (Å²) in [6, 6.07) is 0.894. The Labute approximate surface area is 85.4 Å². The maximum absolute atomic E-state index is 12.7. The highest BCUT2D eigenvalue weighted by Gasteiger charge is 2.32. The number of alkyl halides is 2. The van der Waals surface area contributed by atoms with Crippen LogP contribution in [0.15, 0.2) is 0 Å². The van der Waals surface area contributed by atoms with Crippen molar-refractivity contribution < 1.29 is 18.3 Å². The molecule has 0 saturated carbocycles. The fourth-order valence-electron chi connectivity index (χ4n) is 1.02. The van der Waals surface area contributed by atoms with E-state index in [0.717, 1.165) is 18.9 Å². The molecule has 0 rings (SSSR count). The van der Waals surface area contributed by atoms with E-state index in [-0.39, 0.29) is 0 Å². The highest BCUT2D eigenvalue weighted by atomic mass is 28.4. The molecule has 0 aliphatic rings. The number of aliphatic hydroxyl groups excluding tert-OH is 1. The van der Waals surface area contributed by atoms with E-state index in [4.69, 9.17) is 9.53 Å². The van der Waals surface area contributed by atoms with Gasteiger partial charge in [0.15, 0.2) is 8.32 Å². The number of hydrogen-bond acceptors (Lipinski definition) is 2. The molecule has 0 aliphatic heterocycles. The summed E-state index contributed by atoms with van der Waals surface area (Å²) >= 11 is 0. The topological polar surface area (TPSA) is 29.5 Å². The van der Waals surface area contributed by atoms with E-state index in [0.29, 0.717) is 0 Å². The van der Waals surface area contributed by atoms with Gasteiger partial charge < -0.3 is 9.53 Å². The molecule has 1 N–H and O–H groups in total. The van der Waals surface area contributed by atoms with Crippen LogP contribution in [0.3, 0.4) is 0 Å². The van der Waals surface area contributed by atoms with Gasteiger partial charge >= 0.3 is 0 Å². The standard InChI is InChI=1S/C9H20F2O2Si/c1-4-5-6-14(2,3)13-8-9(10,11)7-12/h12H,4-8H2,1-3H3. The molecule has 0 unspecified atom stereocenters. The molecule has 86 valence electrons. The zero-order valence-electron chi connectivity index (χ0n) is 9.15. The molecule has 0 aromatic carbocycles. The van der Waals surface area contributed by atoms with Crippen LogP contribution >= 0.6 is 0 Å². The van der Waals surface area contributed by atoms with Gasteiger partial charge in [-0.1, -0.05) is 19.8 Å². The minimum Gasteiger partial charge on any atom is -0.411 e. The van der Waals surface area contributed by atoms with Crippen LogP contribution in [0.4, 0.5) is 8.78 Å². The first kappa shape index (κ1) is 14.0. The SMILES string of the molecule is CCCC[Si](C)(C)OCC(F)(F)CO. The molecule has 0 bridgehead atoms. The number of unbranched alkanes of at least 4 members (excludes halogenated alkanes) is 1. The number of aliphatic hydroxyl groups is 1. The first-order chi connectivity index (χ1) is 6.33. The number of rotatable bonds is 7. The Kier molecular flexibility index (Phi) is 5.77. The van der Waals surface area contributed by atoms with Crippen LogP contribution in [-0.2, 0) is 4.43 Å². The molecular formula is C9H20F2O2Si. The Balaban J connectivity index is 3.85. The molecule has 0 saturated heterocycles. The Bertz CT molecular complexity index is 163. The fraction of sp³-hybridized carbons (Fsp3) is 1.00. The third-order valence-electron chi connectivity index (χ3n) is 2.04. The van der Waals surface area contributed by atoms with Crippen LogP contribution in [0.1, 0.15) is 19.8 Å². The Morgan fingerprint density at radius 3 is 2.36 bits per heavy atom. The summed E-state index contributed by atoms with van der Waals surface area (Å²) in [5.74, 6) is -3.09. The molecule has 0 spiro atoms. The van der Waals surface area contributed by atoms with Crippen molar-refractivity contribution in [3.8, 4) is 0 Å². The second-order valence-electron chi connectivity index (χ2n) is 4.17. The number of hydrogen-bond donors (Lipinski definition) is 1. The lowest BCUT2D eigenvalue weighted by molar-refractivity contribution is -0.0824. The van der Waals surface area contributed by atoms with E-state index in [1.54, 1.807) is 0 Å². The summed E-state index contributed by atoms with van der Waals surface area (Å²) in [4.78, 5) is 0. The lowest BCUT2D eigenvalue weighted by atomic mass is 10.4. The van der Waals surface area contributed by atoms with Gasteiger partial charge in [-0.3, -0.25) is 0 Å². The largest absolute Gasteiger partial charge is 0.411 e. The first-order valence-electron chi connectivity index (χ1n) is 4.95. The van der Waals surface area contributed by atoms with Crippen molar-refractivity contribution >= 4 is 8.32 Å². The van der Waals surface area contributed by atoms with Gasteiger partial charge in [0.2, 0.25) is 0 Å². The lowest BCUT2D eigenvalue weighted by Gasteiger charge is -2.25. The Morgan fingerprint density at radius 1 is 1.36 bits per heavy atom. The van der Waals surface area contributed by atoms with Crippen molar-refractivity contribution in [3.05, 3.63) is 0 Å². The zero-order chi connectivity index (χ0) is 11.2. The maximum Gasteiger partial charge on any atom is 0.292 e. The molecule has 0 aromatic heterocycles. The molecule has 0 radical (unpaired) electrons. The van der Waals surface area contributed by atoms with Crippen molar-refractivity contribution in [2.24, 2.45) is 0 Å². The van der Waals surface area contributed by atoms with Crippen molar-refractivity contribution in [2.45, 2.75) is 44.8 Å². The van der Waals surface area contributed by atoms with Crippen molar-refractivity contribution in [3.63, 3.8) is 0 Å². The molecule has 5 heteroatoms. The average Bonchev–Trinajstić information content (AvgIpc) is 2.12. The third kappa shape index (κ3) is 6.45. The number of halogens is 2. The molecule has 0 aliphatic carbocycles. The van der Waals surface area contributed by atoms with Crippen molar-refractivity contribution in [1.29, 1.82) is 0 Å². The van der Waals surface area contributed by atoms with E-state index in [1.165, 1.54) is 0 Å². The van der Waals surface area contributed by atoms with Gasteiger partial charge in [-0.2, -0.15) is 0 Å². The second kappa shape index (κ2) is 5.78. The molecular weight excluding hydrogens is 206 g/mol. The maximum atomic E-state index is 12.7. The normalized spacial score (nSPS) is 13.3. The second-order valence-corrected chi connectivity index (χ2v) is 8.47. The van der Waals surface area contributed by atoms with Crippen molar-refractivity contribution in [2.75, 3.05) is 13.2 Å². The van der Waals surface area contributed by atoms with Gasteiger partial charge in [0, 0.05) is 0 Å². The summed E-state index contributed by atoms with van der Waals surface area (Å²) in [6.45, 7) is 4.14. The van der Waals surface area contributed by atoms with Gasteiger partial charge in [-0.05, 0) is 19.1 Å². The predicted molar refractivity (Wildman–Crippen MR) is 55.2 cm³/mol. The molecule has 0 fully saturated rings. The van der Waals surface area contributed by atoms with Crippen LogP contribution in [0.25, 0.3) is 0 Å². The van der Waals surface area contributed by atoms with E-state index in [9.17, 15) is 8.78 Å². The van der Waals surface area contributed by atoms with Crippen LogP contribution in [0, 0.1) is 0 Å². The van der Waals surface area contributed by atoms with E-state index in [2.05, 4.69) is 6.92 Å². The summed E-state index contributed by atoms with van der Waals surface area (Å²) < 4.78 is 30.5. The highest BCUT2D eigenvalue weighted by molar-refractivity contribution is 6.71. The predicted octanol–water partition coefficient (Wildman–Crippen LogP) is 2.64. The summed E-state index contributed by atoms with van der Waals surface area (Å²) in [7, 11) is -1.94. The van der Waals surface area contributed by atoms with Gasteiger partial charge in [0.05, 0.1) is 0 Å². The fourth-order valence-corrected chi connectivity index (χ4v) is 2.97. The van der Waals surface area contributed by atoms with E-state index in [1.807, 2.05) is 13.1 Å². The van der Waals surface area contributed by atoms with Gasteiger partial charge in [0.1, 0.15) is 13.2 Å². The third-order valence-corrected chi connectivity index (χ3v) is 4.52. The molecule has 0 aromatic rings. The Hall–Kier alpha value is -0.00312. The molecule has 2 nitrogen and oxygen atoms in total. The van der Waals surface area contributed by atoms with Crippen LogP contribution in [0.5, 0.6) is 0 Å². The monoisotopic (exact) mass is 226 g/mol. The molecule has 0 atom stereocenters. The minimum atomic E-state index is -3.09. The minimum absolute atomic E-state index is 0.646. The summed E-state index contributed by atoms with van der Waals surface area (Å²) in [6.07, 6.45) is 2.07. The zero-order valence-corrected chi connectivity index (χ0v) is 10.1. The van der Waals surface area contributed by atoms with E-state index < -0.39 is 27.5 Å². The van der Waals surface area contributed by atoms with Crippen LogP contribution in [-0.4, -0.2) is 32.6 Å². The lowest BCUT2D eigenvalue weighted by Crippen LogP contribution is -2.38. The van der Waals surface area contributed by atoms with Gasteiger partial charge in [-0.15, -0.1) is 0 Å². The highest BCUT2D eigenvalue weighted by Crippen LogP contribution is 2.20. The van der Waals surface area contributed by atoms with Gasteiger partial charge in [-0.25, -0.2) is 8.78 Å². The quantitative estimate of drug-likeness (QED) is 0.676. The van der Waals surface area contributed by atoms with Crippen LogP contribution in [0.2, 0.25) is 19.1 Å².